The average Bonchev–Trinajstić information content (AvgIpc) is 2.46. The maximum atomic E-state index is 11.2. The Kier molecular flexibility index (Phi) is 16.2. The third kappa shape index (κ3) is 15.6. The molecule has 3 heteroatoms. The molecule has 0 N–H and O–H groups in total. The highest BCUT2D eigenvalue weighted by atomic mass is 32.1. The van der Waals surface area contributed by atoms with E-state index in [4.69, 9.17) is 4.74 Å². The summed E-state index contributed by atoms with van der Waals surface area (Å²) in [5, 5.41) is 0. The number of carbonyl (C=O) groups is 1. The average molecular weight is 301 g/mol. The lowest BCUT2D eigenvalue weighted by Crippen LogP contribution is -2.06. The van der Waals surface area contributed by atoms with Crippen LogP contribution in [0.3, 0.4) is 0 Å². The van der Waals surface area contributed by atoms with Crippen molar-refractivity contribution in [2.45, 2.75) is 77.6 Å². The first-order valence-electron chi connectivity index (χ1n) is 8.19. The predicted octanol–water partition coefficient (Wildman–Crippen LogP) is 5.33. The van der Waals surface area contributed by atoms with E-state index >= 15 is 0 Å². The molecule has 0 saturated carbocycles. The number of ether oxygens (including phenoxy) is 1. The van der Waals surface area contributed by atoms with Gasteiger partial charge < -0.3 is 4.74 Å². The van der Waals surface area contributed by atoms with Crippen LogP contribution in [-0.4, -0.2) is 18.3 Å². The molecule has 0 aromatic carbocycles. The highest BCUT2D eigenvalue weighted by molar-refractivity contribution is 7.80. The minimum atomic E-state index is -0.0693. The van der Waals surface area contributed by atoms with Gasteiger partial charge in [-0.1, -0.05) is 57.1 Å². The van der Waals surface area contributed by atoms with Crippen molar-refractivity contribution in [1.82, 2.24) is 0 Å². The monoisotopic (exact) mass is 300 g/mol. The van der Waals surface area contributed by atoms with E-state index < -0.39 is 0 Å². The van der Waals surface area contributed by atoms with Crippen molar-refractivity contribution >= 4 is 18.6 Å². The second-order valence-electron chi connectivity index (χ2n) is 5.23. The molecule has 0 saturated heterocycles. The first-order chi connectivity index (χ1) is 9.81. The van der Waals surface area contributed by atoms with E-state index in [9.17, 15) is 4.79 Å². The molecular formula is C17H32O2S. The summed E-state index contributed by atoms with van der Waals surface area (Å²) in [6, 6.07) is 0. The summed E-state index contributed by atoms with van der Waals surface area (Å²) in [5.74, 6) is 0.542. The second kappa shape index (κ2) is 16.6. The zero-order chi connectivity index (χ0) is 14.9. The SMILES string of the molecule is C/C=C/CCCCCCCCCCCC(=O)OCCS. The summed E-state index contributed by atoms with van der Waals surface area (Å²) in [7, 11) is 0. The summed E-state index contributed by atoms with van der Waals surface area (Å²) in [6.07, 6.45) is 17.6. The Morgan fingerprint density at radius 3 is 2.05 bits per heavy atom. The molecule has 0 atom stereocenters. The van der Waals surface area contributed by atoms with Gasteiger partial charge in [0.1, 0.15) is 6.61 Å². The molecule has 0 aliphatic heterocycles. The Balaban J connectivity index is 3.07. The molecule has 0 aromatic rings. The summed E-state index contributed by atoms with van der Waals surface area (Å²) >= 11 is 4.00. The first kappa shape index (κ1) is 19.6. The first-order valence-corrected chi connectivity index (χ1v) is 8.82. The predicted molar refractivity (Wildman–Crippen MR) is 90.4 cm³/mol. The van der Waals surface area contributed by atoms with Gasteiger partial charge in [-0.3, -0.25) is 4.79 Å². The molecule has 0 heterocycles. The molecule has 2 nitrogen and oxygen atoms in total. The smallest absolute Gasteiger partial charge is 0.305 e. The fraction of sp³-hybridized carbons (Fsp3) is 0.824. The van der Waals surface area contributed by atoms with E-state index in [1.807, 2.05) is 0 Å². The maximum Gasteiger partial charge on any atom is 0.305 e. The van der Waals surface area contributed by atoms with E-state index in [2.05, 4.69) is 31.7 Å². The molecule has 20 heavy (non-hydrogen) atoms. The highest BCUT2D eigenvalue weighted by Crippen LogP contribution is 2.11. The number of unbranched alkanes of at least 4 members (excludes halogenated alkanes) is 9. The Labute approximate surface area is 130 Å². The fourth-order valence-electron chi connectivity index (χ4n) is 2.17. The van der Waals surface area contributed by atoms with Gasteiger partial charge >= 0.3 is 5.97 Å². The zero-order valence-corrected chi connectivity index (χ0v) is 14.0. The Hall–Kier alpha value is -0.440. The Morgan fingerprint density at radius 2 is 1.50 bits per heavy atom. The molecule has 0 rings (SSSR count). The number of hydrogen-bond acceptors (Lipinski definition) is 3. The van der Waals surface area contributed by atoms with Crippen molar-refractivity contribution < 1.29 is 9.53 Å². The van der Waals surface area contributed by atoms with E-state index in [-0.39, 0.29) is 5.97 Å². The molecule has 118 valence electrons. The van der Waals surface area contributed by atoms with Crippen LogP contribution >= 0.6 is 12.6 Å². The lowest BCUT2D eigenvalue weighted by molar-refractivity contribution is -0.143. The van der Waals surface area contributed by atoms with Gasteiger partial charge in [0.15, 0.2) is 0 Å². The third-order valence-electron chi connectivity index (χ3n) is 3.34. The second-order valence-corrected chi connectivity index (χ2v) is 5.68. The van der Waals surface area contributed by atoms with Crippen molar-refractivity contribution in [1.29, 1.82) is 0 Å². The topological polar surface area (TPSA) is 26.3 Å². The summed E-state index contributed by atoms with van der Waals surface area (Å²) in [4.78, 5) is 11.2. The van der Waals surface area contributed by atoms with Crippen molar-refractivity contribution in [3.63, 3.8) is 0 Å². The molecular weight excluding hydrogens is 268 g/mol. The van der Waals surface area contributed by atoms with Crippen LogP contribution in [-0.2, 0) is 9.53 Å². The van der Waals surface area contributed by atoms with E-state index in [0.717, 1.165) is 12.8 Å². The Morgan fingerprint density at radius 1 is 0.950 bits per heavy atom. The van der Waals surface area contributed by atoms with Gasteiger partial charge in [0.25, 0.3) is 0 Å². The van der Waals surface area contributed by atoms with Gasteiger partial charge in [-0.2, -0.15) is 12.6 Å². The quantitative estimate of drug-likeness (QED) is 0.203. The van der Waals surface area contributed by atoms with Crippen molar-refractivity contribution in [3.8, 4) is 0 Å². The van der Waals surface area contributed by atoms with Gasteiger partial charge in [-0.25, -0.2) is 0 Å². The number of esters is 1. The van der Waals surface area contributed by atoms with Crippen LogP contribution in [0.2, 0.25) is 0 Å². The van der Waals surface area contributed by atoms with Crippen LogP contribution in [0.4, 0.5) is 0 Å². The minimum absolute atomic E-state index is 0.0693. The van der Waals surface area contributed by atoms with Gasteiger partial charge in [-0.05, 0) is 26.2 Å². The number of hydrogen-bond donors (Lipinski definition) is 1. The molecule has 0 aromatic heterocycles. The normalized spacial score (nSPS) is 11.1. The van der Waals surface area contributed by atoms with Crippen LogP contribution in [0.5, 0.6) is 0 Å². The molecule has 0 fully saturated rings. The van der Waals surface area contributed by atoms with Crippen LogP contribution in [0.25, 0.3) is 0 Å². The fourth-order valence-corrected chi connectivity index (χ4v) is 2.26. The highest BCUT2D eigenvalue weighted by Gasteiger charge is 2.01. The number of rotatable bonds is 14. The van der Waals surface area contributed by atoms with E-state index in [1.165, 1.54) is 51.4 Å². The maximum absolute atomic E-state index is 11.2. The molecule has 0 radical (unpaired) electrons. The molecule has 0 amide bonds. The number of carbonyl (C=O) groups excluding carboxylic acids is 1. The van der Waals surface area contributed by atoms with Crippen molar-refractivity contribution in [2.75, 3.05) is 12.4 Å². The van der Waals surface area contributed by atoms with Crippen molar-refractivity contribution in [3.05, 3.63) is 12.2 Å². The van der Waals surface area contributed by atoms with Crippen LogP contribution in [0.15, 0.2) is 12.2 Å². The summed E-state index contributed by atoms with van der Waals surface area (Å²) < 4.78 is 4.97. The van der Waals surface area contributed by atoms with E-state index in [0.29, 0.717) is 18.8 Å². The minimum Gasteiger partial charge on any atom is -0.465 e. The van der Waals surface area contributed by atoms with Gasteiger partial charge in [0.2, 0.25) is 0 Å². The van der Waals surface area contributed by atoms with Crippen LogP contribution in [0.1, 0.15) is 77.6 Å². The standard InChI is InChI=1S/C17H32O2S/c1-2-3-4-5-6-7-8-9-10-11-12-13-14-17(18)19-15-16-20/h2-3,20H,4-16H2,1H3/b3-2+. The van der Waals surface area contributed by atoms with Crippen LogP contribution in [0, 0.1) is 0 Å². The van der Waals surface area contributed by atoms with Gasteiger partial charge in [0.05, 0.1) is 0 Å². The number of thiol groups is 1. The molecule has 0 bridgehead atoms. The third-order valence-corrected chi connectivity index (χ3v) is 3.52. The molecule has 0 spiro atoms. The lowest BCUT2D eigenvalue weighted by Gasteiger charge is -2.03. The molecule has 0 aliphatic carbocycles. The van der Waals surface area contributed by atoms with Crippen LogP contribution < -0.4 is 0 Å². The summed E-state index contributed by atoms with van der Waals surface area (Å²) in [6.45, 7) is 2.52. The Bertz CT molecular complexity index is 239. The van der Waals surface area contributed by atoms with Gasteiger partial charge in [0, 0.05) is 12.2 Å². The molecule has 0 unspecified atom stereocenters. The summed E-state index contributed by atoms with van der Waals surface area (Å²) in [5.41, 5.74) is 0. The van der Waals surface area contributed by atoms with Gasteiger partial charge in [-0.15, -0.1) is 0 Å². The lowest BCUT2D eigenvalue weighted by atomic mass is 10.1. The largest absolute Gasteiger partial charge is 0.465 e. The van der Waals surface area contributed by atoms with Crippen molar-refractivity contribution in [2.24, 2.45) is 0 Å². The number of allylic oxidation sites excluding steroid dienone is 2. The zero-order valence-electron chi connectivity index (χ0n) is 13.1. The molecule has 0 aliphatic rings. The van der Waals surface area contributed by atoms with E-state index in [1.54, 1.807) is 0 Å².